The van der Waals surface area contributed by atoms with Gasteiger partial charge in [0.05, 0.1) is 6.04 Å². The van der Waals surface area contributed by atoms with E-state index in [9.17, 15) is 9.90 Å². The molecule has 12 heavy (non-hydrogen) atoms. The SMILES string of the molecule is CC(C)N1C(=O)[C@@H](O)[C@H]1CCO. The normalized spacial score (nSPS) is 29.4. The molecule has 1 aliphatic heterocycles. The van der Waals surface area contributed by atoms with Crippen LogP contribution >= 0.6 is 0 Å². The van der Waals surface area contributed by atoms with E-state index in [1.807, 2.05) is 13.8 Å². The average molecular weight is 173 g/mol. The minimum absolute atomic E-state index is 0.0121. The van der Waals surface area contributed by atoms with E-state index in [2.05, 4.69) is 0 Å². The molecule has 0 aromatic heterocycles. The van der Waals surface area contributed by atoms with Crippen molar-refractivity contribution in [3.63, 3.8) is 0 Å². The smallest absolute Gasteiger partial charge is 0.254 e. The van der Waals surface area contributed by atoms with Crippen LogP contribution in [0.25, 0.3) is 0 Å². The lowest BCUT2D eigenvalue weighted by Gasteiger charge is -2.47. The molecule has 1 rings (SSSR count). The van der Waals surface area contributed by atoms with Crippen LogP contribution in [0.5, 0.6) is 0 Å². The lowest BCUT2D eigenvalue weighted by Crippen LogP contribution is -2.66. The van der Waals surface area contributed by atoms with Crippen LogP contribution in [-0.2, 0) is 4.79 Å². The third-order valence-electron chi connectivity index (χ3n) is 2.21. The minimum atomic E-state index is -0.889. The molecule has 0 unspecified atom stereocenters. The molecular weight excluding hydrogens is 158 g/mol. The van der Waals surface area contributed by atoms with Crippen LogP contribution in [0.1, 0.15) is 20.3 Å². The number of aliphatic hydroxyl groups excluding tert-OH is 2. The topological polar surface area (TPSA) is 60.8 Å². The monoisotopic (exact) mass is 173 g/mol. The van der Waals surface area contributed by atoms with Gasteiger partial charge in [0.25, 0.3) is 5.91 Å². The first-order chi connectivity index (χ1) is 5.59. The van der Waals surface area contributed by atoms with Crippen LogP contribution in [0, 0.1) is 0 Å². The molecule has 4 heteroatoms. The van der Waals surface area contributed by atoms with E-state index in [0.29, 0.717) is 6.42 Å². The fourth-order valence-corrected chi connectivity index (χ4v) is 1.62. The van der Waals surface area contributed by atoms with Crippen LogP contribution in [0.4, 0.5) is 0 Å². The van der Waals surface area contributed by atoms with Gasteiger partial charge in [-0.2, -0.15) is 0 Å². The number of hydrogen-bond donors (Lipinski definition) is 2. The predicted molar refractivity (Wildman–Crippen MR) is 43.5 cm³/mol. The first-order valence-electron chi connectivity index (χ1n) is 4.20. The molecular formula is C8H15NO3. The van der Waals surface area contributed by atoms with Crippen molar-refractivity contribution in [3.05, 3.63) is 0 Å². The number of likely N-dealkylation sites (tertiary alicyclic amines) is 1. The second-order valence-corrected chi connectivity index (χ2v) is 3.36. The Bertz CT molecular complexity index is 181. The molecule has 2 atom stereocenters. The van der Waals surface area contributed by atoms with E-state index in [-0.39, 0.29) is 24.6 Å². The van der Waals surface area contributed by atoms with Gasteiger partial charge in [-0.3, -0.25) is 4.79 Å². The van der Waals surface area contributed by atoms with Gasteiger partial charge in [0.1, 0.15) is 0 Å². The second kappa shape index (κ2) is 3.41. The zero-order valence-electron chi connectivity index (χ0n) is 7.40. The Balaban J connectivity index is 2.55. The molecule has 0 bridgehead atoms. The molecule has 0 aliphatic carbocycles. The molecule has 2 N–H and O–H groups in total. The zero-order chi connectivity index (χ0) is 9.30. The van der Waals surface area contributed by atoms with Crippen LogP contribution in [0.15, 0.2) is 0 Å². The van der Waals surface area contributed by atoms with Crippen LogP contribution in [0.2, 0.25) is 0 Å². The number of carbonyl (C=O) groups is 1. The highest BCUT2D eigenvalue weighted by Gasteiger charge is 2.46. The van der Waals surface area contributed by atoms with Crippen molar-refractivity contribution < 1.29 is 15.0 Å². The van der Waals surface area contributed by atoms with Crippen LogP contribution in [0.3, 0.4) is 0 Å². The highest BCUT2D eigenvalue weighted by molar-refractivity contribution is 5.88. The molecule has 0 radical (unpaired) electrons. The van der Waals surface area contributed by atoms with E-state index in [4.69, 9.17) is 5.11 Å². The molecule has 1 saturated heterocycles. The summed E-state index contributed by atoms with van der Waals surface area (Å²) in [6.45, 7) is 3.81. The summed E-state index contributed by atoms with van der Waals surface area (Å²) in [5.74, 6) is -0.219. The third kappa shape index (κ3) is 1.32. The highest BCUT2D eigenvalue weighted by atomic mass is 16.3. The van der Waals surface area contributed by atoms with E-state index >= 15 is 0 Å². The number of β-lactam (4-membered cyclic amide) rings is 1. The van der Waals surface area contributed by atoms with Crippen LogP contribution < -0.4 is 0 Å². The molecule has 0 aromatic carbocycles. The molecule has 1 amide bonds. The number of hydrogen-bond acceptors (Lipinski definition) is 3. The van der Waals surface area contributed by atoms with Gasteiger partial charge < -0.3 is 15.1 Å². The Labute approximate surface area is 71.8 Å². The maximum absolute atomic E-state index is 11.1. The molecule has 0 aromatic rings. The maximum Gasteiger partial charge on any atom is 0.254 e. The Kier molecular flexibility index (Phi) is 2.69. The van der Waals surface area contributed by atoms with Crippen molar-refractivity contribution in [1.29, 1.82) is 0 Å². The number of amides is 1. The molecule has 4 nitrogen and oxygen atoms in total. The molecule has 0 spiro atoms. The Morgan fingerprint density at radius 1 is 1.58 bits per heavy atom. The van der Waals surface area contributed by atoms with Gasteiger partial charge in [0, 0.05) is 12.6 Å². The fraction of sp³-hybridized carbons (Fsp3) is 0.875. The van der Waals surface area contributed by atoms with E-state index in [1.165, 1.54) is 0 Å². The number of aliphatic hydroxyl groups is 2. The zero-order valence-corrected chi connectivity index (χ0v) is 7.40. The first kappa shape index (κ1) is 9.48. The molecule has 1 heterocycles. The molecule has 0 saturated carbocycles. The van der Waals surface area contributed by atoms with Crippen LogP contribution in [-0.4, -0.2) is 45.8 Å². The number of nitrogens with zero attached hydrogens (tertiary/aromatic N) is 1. The maximum atomic E-state index is 11.1. The third-order valence-corrected chi connectivity index (χ3v) is 2.21. The van der Waals surface area contributed by atoms with Gasteiger partial charge in [0.2, 0.25) is 0 Å². The van der Waals surface area contributed by atoms with E-state index in [1.54, 1.807) is 4.90 Å². The lowest BCUT2D eigenvalue weighted by molar-refractivity contribution is -0.171. The average Bonchev–Trinajstić information content (AvgIpc) is 2.02. The van der Waals surface area contributed by atoms with Gasteiger partial charge >= 0.3 is 0 Å². The van der Waals surface area contributed by atoms with Crippen molar-refractivity contribution in [3.8, 4) is 0 Å². The van der Waals surface area contributed by atoms with Crippen molar-refractivity contribution in [1.82, 2.24) is 4.90 Å². The number of rotatable bonds is 3. The van der Waals surface area contributed by atoms with Crippen molar-refractivity contribution in [2.24, 2.45) is 0 Å². The summed E-state index contributed by atoms with van der Waals surface area (Å²) in [4.78, 5) is 12.7. The van der Waals surface area contributed by atoms with Crippen molar-refractivity contribution in [2.45, 2.75) is 38.5 Å². The van der Waals surface area contributed by atoms with Gasteiger partial charge in [-0.25, -0.2) is 0 Å². The minimum Gasteiger partial charge on any atom is -0.396 e. The Morgan fingerprint density at radius 3 is 2.58 bits per heavy atom. The number of carbonyl (C=O) groups excluding carboxylic acids is 1. The largest absolute Gasteiger partial charge is 0.396 e. The Hall–Kier alpha value is -0.610. The quantitative estimate of drug-likeness (QED) is 0.557. The predicted octanol–water partition coefficient (Wildman–Crippen LogP) is -0.651. The highest BCUT2D eigenvalue weighted by Crippen LogP contribution is 2.24. The summed E-state index contributed by atoms with van der Waals surface area (Å²) in [5, 5.41) is 17.9. The van der Waals surface area contributed by atoms with Crippen molar-refractivity contribution >= 4 is 5.91 Å². The van der Waals surface area contributed by atoms with Gasteiger partial charge in [0.15, 0.2) is 6.10 Å². The van der Waals surface area contributed by atoms with Gasteiger partial charge in [-0.1, -0.05) is 0 Å². The molecule has 1 aliphatic rings. The summed E-state index contributed by atoms with van der Waals surface area (Å²) in [6.07, 6.45) is -0.426. The fourth-order valence-electron chi connectivity index (χ4n) is 1.62. The summed E-state index contributed by atoms with van der Waals surface area (Å²) >= 11 is 0. The summed E-state index contributed by atoms with van der Waals surface area (Å²) in [6, 6.07) is -0.0695. The van der Waals surface area contributed by atoms with Gasteiger partial charge in [-0.05, 0) is 20.3 Å². The van der Waals surface area contributed by atoms with Gasteiger partial charge in [-0.15, -0.1) is 0 Å². The summed E-state index contributed by atoms with van der Waals surface area (Å²) in [5.41, 5.74) is 0. The van der Waals surface area contributed by atoms with E-state index in [0.717, 1.165) is 0 Å². The molecule has 1 fully saturated rings. The van der Waals surface area contributed by atoms with Crippen molar-refractivity contribution in [2.75, 3.05) is 6.61 Å². The lowest BCUT2D eigenvalue weighted by atomic mass is 9.93. The second-order valence-electron chi connectivity index (χ2n) is 3.36. The first-order valence-corrected chi connectivity index (χ1v) is 4.20. The van der Waals surface area contributed by atoms with E-state index < -0.39 is 6.10 Å². The summed E-state index contributed by atoms with van der Waals surface area (Å²) in [7, 11) is 0. The standard InChI is InChI=1S/C8H15NO3/c1-5(2)9-6(3-4-10)7(11)8(9)12/h5-7,10-11H,3-4H2,1-2H3/t6-,7+/m1/s1. The Morgan fingerprint density at radius 2 is 2.17 bits per heavy atom. The molecule has 70 valence electrons. The summed E-state index contributed by atoms with van der Waals surface area (Å²) < 4.78 is 0.